The van der Waals surface area contributed by atoms with Crippen LogP contribution in [-0.4, -0.2) is 49.7 Å². The Kier molecular flexibility index (Phi) is 9.35. The highest BCUT2D eigenvalue weighted by molar-refractivity contribution is 6.08. The van der Waals surface area contributed by atoms with Crippen LogP contribution in [0.5, 0.6) is 0 Å². The van der Waals surface area contributed by atoms with E-state index in [-0.39, 0.29) is 25.2 Å². The van der Waals surface area contributed by atoms with Gasteiger partial charge in [0, 0.05) is 55.3 Å². The molecule has 0 bridgehead atoms. The van der Waals surface area contributed by atoms with Crippen molar-refractivity contribution in [1.82, 2.24) is 19.5 Å². The molecule has 5 N–H and O–H groups in total. The van der Waals surface area contributed by atoms with Gasteiger partial charge in [-0.15, -0.1) is 5.06 Å². The second-order valence-corrected chi connectivity index (χ2v) is 10.0. The molecule has 41 heavy (non-hydrogen) atoms. The van der Waals surface area contributed by atoms with Crippen molar-refractivity contribution in [2.45, 2.75) is 58.8 Å². The molecule has 4 rings (SSSR count). The lowest BCUT2D eigenvalue weighted by Gasteiger charge is -2.15. The summed E-state index contributed by atoms with van der Waals surface area (Å²) in [6.07, 6.45) is 6.73. The number of aryl methyl sites for hydroxylation is 2. The van der Waals surface area contributed by atoms with Gasteiger partial charge in [-0.1, -0.05) is 25.0 Å². The van der Waals surface area contributed by atoms with Gasteiger partial charge in [0.15, 0.2) is 0 Å². The summed E-state index contributed by atoms with van der Waals surface area (Å²) >= 11 is 0. The number of carbonyl (C=O) groups excluding carboxylic acids is 4. The van der Waals surface area contributed by atoms with E-state index in [1.165, 1.54) is 5.01 Å². The molecule has 1 aliphatic rings. The van der Waals surface area contributed by atoms with E-state index in [2.05, 4.69) is 10.3 Å². The van der Waals surface area contributed by atoms with Crippen LogP contribution in [0.2, 0.25) is 0 Å². The number of fused-ring (bicyclic) bond motifs is 1. The van der Waals surface area contributed by atoms with Gasteiger partial charge in [-0.3, -0.25) is 14.4 Å². The molecule has 12 nitrogen and oxygen atoms in total. The first-order valence-electron chi connectivity index (χ1n) is 13.5. The summed E-state index contributed by atoms with van der Waals surface area (Å²) in [6, 6.07) is 10.9. The Hall–Kier alpha value is -4.71. The maximum Gasteiger partial charge on any atom is 0.333 e. The van der Waals surface area contributed by atoms with Crippen LogP contribution in [0.4, 0.5) is 5.69 Å². The predicted octanol–water partition coefficient (Wildman–Crippen LogP) is 3.19. The second kappa shape index (κ2) is 13.1. The van der Waals surface area contributed by atoms with E-state index in [0.717, 1.165) is 36.2 Å². The summed E-state index contributed by atoms with van der Waals surface area (Å²) in [5.74, 6) is 4.28. The standard InChI is InChI=1S/C29H35N7O5/c1-19-17-20(2)35-16-14-23(28(35)32-19)29(40)33-22-10-8-21(9-11-22)24(30)18-34(31)15-6-4-3-5-7-27(39)41-36-25(37)12-13-26(36)38/h8-11,14,16-18H,3-7,12-13,15,30-31H2,1-2H3,(H,33,40)/b24-18-. The number of rotatable bonds is 12. The molecule has 1 saturated heterocycles. The number of nitrogens with two attached hydrogens (primary N) is 2. The topological polar surface area (TPSA) is 165 Å². The molecule has 1 aromatic carbocycles. The van der Waals surface area contributed by atoms with Gasteiger partial charge in [-0.05, 0) is 56.5 Å². The Labute approximate surface area is 237 Å². The molecule has 3 aromatic rings. The molecule has 0 unspecified atom stereocenters. The minimum absolute atomic E-state index is 0.0780. The number of hydrogen-bond acceptors (Lipinski definition) is 9. The average molecular weight is 562 g/mol. The van der Waals surface area contributed by atoms with E-state index in [9.17, 15) is 19.2 Å². The van der Waals surface area contributed by atoms with E-state index in [1.54, 1.807) is 24.4 Å². The van der Waals surface area contributed by atoms with Gasteiger partial charge < -0.3 is 25.3 Å². The second-order valence-electron chi connectivity index (χ2n) is 10.0. The number of unbranched alkanes of at least 4 members (excludes halogenated alkanes) is 3. The van der Waals surface area contributed by atoms with Gasteiger partial charge in [-0.25, -0.2) is 15.6 Å². The van der Waals surface area contributed by atoms with Gasteiger partial charge in [0.05, 0.1) is 11.3 Å². The summed E-state index contributed by atoms with van der Waals surface area (Å²) < 4.78 is 1.88. The number of aromatic nitrogens is 2. The minimum atomic E-state index is -0.587. The number of anilines is 1. The van der Waals surface area contributed by atoms with E-state index in [4.69, 9.17) is 16.4 Å². The molecule has 1 aliphatic heterocycles. The Morgan fingerprint density at radius 2 is 1.73 bits per heavy atom. The number of nitrogens with zero attached hydrogens (tertiary/aromatic N) is 4. The highest BCUT2D eigenvalue weighted by Crippen LogP contribution is 2.19. The molecule has 0 aliphatic carbocycles. The van der Waals surface area contributed by atoms with Gasteiger partial charge in [0.2, 0.25) is 0 Å². The van der Waals surface area contributed by atoms with Crippen molar-refractivity contribution in [2.75, 3.05) is 11.9 Å². The summed E-state index contributed by atoms with van der Waals surface area (Å²) in [7, 11) is 0. The molecule has 2 aromatic heterocycles. The Bertz CT molecular complexity index is 1460. The monoisotopic (exact) mass is 561 g/mol. The first kappa shape index (κ1) is 29.3. The number of imide groups is 1. The summed E-state index contributed by atoms with van der Waals surface area (Å²) in [6.45, 7) is 4.43. The fourth-order valence-corrected chi connectivity index (χ4v) is 4.56. The molecule has 0 spiro atoms. The Morgan fingerprint density at radius 1 is 1.05 bits per heavy atom. The van der Waals surface area contributed by atoms with Crippen molar-refractivity contribution in [3.63, 3.8) is 0 Å². The van der Waals surface area contributed by atoms with E-state index in [1.807, 2.05) is 42.6 Å². The zero-order valence-electron chi connectivity index (χ0n) is 23.3. The molecule has 0 atom stereocenters. The predicted molar refractivity (Wildman–Crippen MR) is 152 cm³/mol. The van der Waals surface area contributed by atoms with Crippen molar-refractivity contribution >= 4 is 40.7 Å². The van der Waals surface area contributed by atoms with Gasteiger partial charge in [0.25, 0.3) is 17.7 Å². The number of hydrazine groups is 1. The van der Waals surface area contributed by atoms with E-state index >= 15 is 0 Å². The quantitative estimate of drug-likeness (QED) is 0.130. The van der Waals surface area contributed by atoms with Crippen LogP contribution in [0.1, 0.15) is 72.3 Å². The Balaban J connectivity index is 1.18. The van der Waals surface area contributed by atoms with Gasteiger partial charge in [-0.2, -0.15) is 0 Å². The maximum atomic E-state index is 12.9. The van der Waals surface area contributed by atoms with E-state index < -0.39 is 17.8 Å². The lowest BCUT2D eigenvalue weighted by atomic mass is 10.1. The molecular formula is C29H35N7O5. The van der Waals surface area contributed by atoms with Crippen molar-refractivity contribution in [3.8, 4) is 0 Å². The summed E-state index contributed by atoms with van der Waals surface area (Å²) in [5, 5.41) is 4.99. The maximum absolute atomic E-state index is 12.9. The fourth-order valence-electron chi connectivity index (χ4n) is 4.56. The number of nitrogens with one attached hydrogen (secondary N) is 1. The van der Waals surface area contributed by atoms with Crippen LogP contribution in [-0.2, 0) is 19.2 Å². The molecule has 1 fully saturated rings. The number of benzene rings is 1. The van der Waals surface area contributed by atoms with Crippen molar-refractivity contribution in [3.05, 3.63) is 71.3 Å². The fraction of sp³-hybridized carbons (Fsp3) is 0.345. The number of carbonyl (C=O) groups is 4. The van der Waals surface area contributed by atoms with Crippen molar-refractivity contribution in [1.29, 1.82) is 0 Å². The number of hydroxylamine groups is 2. The molecule has 12 heteroatoms. The third-order valence-electron chi connectivity index (χ3n) is 6.71. The lowest BCUT2D eigenvalue weighted by Crippen LogP contribution is -2.31. The lowest BCUT2D eigenvalue weighted by molar-refractivity contribution is -0.197. The van der Waals surface area contributed by atoms with Crippen molar-refractivity contribution < 1.29 is 24.0 Å². The first-order valence-corrected chi connectivity index (χ1v) is 13.5. The zero-order chi connectivity index (χ0) is 29.5. The molecule has 3 amide bonds. The van der Waals surface area contributed by atoms with Crippen LogP contribution >= 0.6 is 0 Å². The number of amides is 3. The molecular weight excluding hydrogens is 526 g/mol. The third-order valence-corrected chi connectivity index (χ3v) is 6.71. The summed E-state index contributed by atoms with van der Waals surface area (Å²) in [5.41, 5.74) is 11.0. The summed E-state index contributed by atoms with van der Waals surface area (Å²) in [4.78, 5) is 57.1. The SMILES string of the molecule is Cc1cc(C)n2ccc(C(=O)Nc3ccc(/C(N)=C/N(N)CCCCCCC(=O)ON4C(=O)CCC4=O)cc3)c2n1. The molecule has 3 heterocycles. The normalized spacial score (nSPS) is 13.6. The van der Waals surface area contributed by atoms with Crippen LogP contribution in [0.15, 0.2) is 48.8 Å². The average Bonchev–Trinajstić information content (AvgIpc) is 3.49. The van der Waals surface area contributed by atoms with Gasteiger partial charge >= 0.3 is 5.97 Å². The van der Waals surface area contributed by atoms with Crippen LogP contribution in [0.25, 0.3) is 11.3 Å². The Morgan fingerprint density at radius 3 is 2.44 bits per heavy atom. The van der Waals surface area contributed by atoms with Crippen LogP contribution in [0.3, 0.4) is 0 Å². The largest absolute Gasteiger partial charge is 0.397 e. The van der Waals surface area contributed by atoms with Gasteiger partial charge in [0.1, 0.15) is 5.65 Å². The minimum Gasteiger partial charge on any atom is -0.397 e. The smallest absolute Gasteiger partial charge is 0.333 e. The highest BCUT2D eigenvalue weighted by Gasteiger charge is 2.32. The highest BCUT2D eigenvalue weighted by atomic mass is 16.7. The van der Waals surface area contributed by atoms with E-state index in [0.29, 0.717) is 40.6 Å². The molecule has 216 valence electrons. The molecule has 0 saturated carbocycles. The third kappa shape index (κ3) is 7.48. The van der Waals surface area contributed by atoms with Crippen LogP contribution in [0, 0.1) is 13.8 Å². The van der Waals surface area contributed by atoms with Crippen LogP contribution < -0.4 is 16.9 Å². The molecule has 0 radical (unpaired) electrons. The number of hydrogen-bond donors (Lipinski definition) is 3. The van der Waals surface area contributed by atoms with Crippen molar-refractivity contribution in [2.24, 2.45) is 11.6 Å². The first-order chi connectivity index (χ1) is 19.6. The zero-order valence-corrected chi connectivity index (χ0v) is 23.3.